The van der Waals surface area contributed by atoms with E-state index in [9.17, 15) is 0 Å². The minimum Gasteiger partial charge on any atom is -0.383 e. The molecule has 2 heterocycles. The third-order valence-electron chi connectivity index (χ3n) is 2.82. The maximum absolute atomic E-state index is 5.96. The van der Waals surface area contributed by atoms with Crippen LogP contribution in [0.2, 0.25) is 0 Å². The molecule has 3 aromatic rings. The van der Waals surface area contributed by atoms with Gasteiger partial charge in [-0.3, -0.25) is 4.98 Å². The second kappa shape index (κ2) is 5.96. The van der Waals surface area contributed by atoms with Gasteiger partial charge in [0.1, 0.15) is 11.5 Å². The summed E-state index contributed by atoms with van der Waals surface area (Å²) in [5, 5.41) is 0. The summed E-state index contributed by atoms with van der Waals surface area (Å²) in [5.41, 5.74) is 13.0. The zero-order chi connectivity index (χ0) is 15.4. The summed E-state index contributed by atoms with van der Waals surface area (Å²) in [6.07, 6.45) is 1.65. The Balaban J connectivity index is 2.00. The number of amidine groups is 1. The molecule has 0 radical (unpaired) electrons. The van der Waals surface area contributed by atoms with Gasteiger partial charge < -0.3 is 11.5 Å². The highest BCUT2D eigenvalue weighted by molar-refractivity contribution is 5.98. The Kier molecular flexibility index (Phi) is 3.69. The van der Waals surface area contributed by atoms with E-state index in [2.05, 4.69) is 24.9 Å². The van der Waals surface area contributed by atoms with Gasteiger partial charge in [0.25, 0.3) is 5.95 Å². The highest BCUT2D eigenvalue weighted by atomic mass is 15.2. The SMILES string of the molecule is NC(=Nc1nc(N)nc(-c2ccccn2)n1)c1ccccc1. The highest BCUT2D eigenvalue weighted by Crippen LogP contribution is 2.16. The summed E-state index contributed by atoms with van der Waals surface area (Å²) < 4.78 is 0. The molecule has 0 spiro atoms. The first kappa shape index (κ1) is 13.6. The number of anilines is 1. The molecule has 4 N–H and O–H groups in total. The molecule has 0 fully saturated rings. The van der Waals surface area contributed by atoms with Crippen LogP contribution in [0, 0.1) is 0 Å². The smallest absolute Gasteiger partial charge is 0.256 e. The predicted molar refractivity (Wildman–Crippen MR) is 84.3 cm³/mol. The monoisotopic (exact) mass is 291 g/mol. The molecule has 0 unspecified atom stereocenters. The Morgan fingerprint density at radius 3 is 2.41 bits per heavy atom. The topological polar surface area (TPSA) is 116 Å². The average Bonchev–Trinajstić information content (AvgIpc) is 2.56. The van der Waals surface area contributed by atoms with Gasteiger partial charge in [0.15, 0.2) is 5.82 Å². The number of pyridine rings is 1. The Hall–Kier alpha value is -3.35. The van der Waals surface area contributed by atoms with Crippen molar-refractivity contribution in [1.29, 1.82) is 0 Å². The zero-order valence-corrected chi connectivity index (χ0v) is 11.6. The largest absolute Gasteiger partial charge is 0.383 e. The Labute approximate surface area is 126 Å². The van der Waals surface area contributed by atoms with Gasteiger partial charge in [-0.05, 0) is 12.1 Å². The van der Waals surface area contributed by atoms with E-state index < -0.39 is 0 Å². The van der Waals surface area contributed by atoms with Gasteiger partial charge in [-0.2, -0.15) is 19.9 Å². The molecule has 0 aliphatic rings. The number of nitrogens with zero attached hydrogens (tertiary/aromatic N) is 5. The van der Waals surface area contributed by atoms with Crippen LogP contribution in [0.4, 0.5) is 11.9 Å². The van der Waals surface area contributed by atoms with E-state index in [1.54, 1.807) is 18.3 Å². The quantitative estimate of drug-likeness (QED) is 0.558. The number of hydrogen-bond donors (Lipinski definition) is 2. The number of rotatable bonds is 3. The van der Waals surface area contributed by atoms with Crippen LogP contribution in [0.3, 0.4) is 0 Å². The summed E-state index contributed by atoms with van der Waals surface area (Å²) in [5.74, 6) is 0.871. The molecule has 0 atom stereocenters. The van der Waals surface area contributed by atoms with Gasteiger partial charge in [-0.25, -0.2) is 0 Å². The van der Waals surface area contributed by atoms with Gasteiger partial charge in [-0.15, -0.1) is 0 Å². The Morgan fingerprint density at radius 1 is 0.909 bits per heavy atom. The maximum Gasteiger partial charge on any atom is 0.256 e. The zero-order valence-electron chi connectivity index (χ0n) is 11.6. The van der Waals surface area contributed by atoms with Crippen molar-refractivity contribution in [2.24, 2.45) is 10.7 Å². The lowest BCUT2D eigenvalue weighted by Gasteiger charge is -2.03. The van der Waals surface area contributed by atoms with E-state index in [4.69, 9.17) is 11.5 Å². The number of benzene rings is 1. The third kappa shape index (κ3) is 3.04. The number of nitrogen functional groups attached to an aromatic ring is 1. The summed E-state index contributed by atoms with van der Waals surface area (Å²) in [6.45, 7) is 0. The first-order chi connectivity index (χ1) is 10.7. The fraction of sp³-hybridized carbons (Fsp3) is 0. The molecule has 22 heavy (non-hydrogen) atoms. The molecule has 0 amide bonds. The third-order valence-corrected chi connectivity index (χ3v) is 2.82. The van der Waals surface area contributed by atoms with Crippen LogP contribution in [-0.4, -0.2) is 25.8 Å². The number of hydrogen-bond acceptors (Lipinski definition) is 6. The van der Waals surface area contributed by atoms with E-state index in [0.29, 0.717) is 17.4 Å². The van der Waals surface area contributed by atoms with E-state index in [1.807, 2.05) is 36.4 Å². The number of aromatic nitrogens is 4. The van der Waals surface area contributed by atoms with Crippen LogP contribution < -0.4 is 11.5 Å². The number of aliphatic imine (C=N–C) groups is 1. The molecule has 3 rings (SSSR count). The summed E-state index contributed by atoms with van der Waals surface area (Å²) >= 11 is 0. The van der Waals surface area contributed by atoms with Gasteiger partial charge >= 0.3 is 0 Å². The average molecular weight is 291 g/mol. The minimum absolute atomic E-state index is 0.0651. The van der Waals surface area contributed by atoms with E-state index in [0.717, 1.165) is 5.56 Å². The van der Waals surface area contributed by atoms with Crippen LogP contribution in [0.25, 0.3) is 11.5 Å². The van der Waals surface area contributed by atoms with Crippen molar-refractivity contribution in [3.8, 4) is 11.5 Å². The fourth-order valence-electron chi connectivity index (χ4n) is 1.82. The molecule has 7 nitrogen and oxygen atoms in total. The van der Waals surface area contributed by atoms with Crippen molar-refractivity contribution in [3.05, 3.63) is 60.3 Å². The van der Waals surface area contributed by atoms with Crippen LogP contribution in [0.15, 0.2) is 59.7 Å². The molecular formula is C15H13N7. The lowest BCUT2D eigenvalue weighted by Crippen LogP contribution is -2.13. The minimum atomic E-state index is 0.0651. The Bertz CT molecular complexity index is 801. The van der Waals surface area contributed by atoms with Crippen molar-refractivity contribution in [2.75, 3.05) is 5.73 Å². The van der Waals surface area contributed by atoms with Crippen LogP contribution in [-0.2, 0) is 0 Å². The molecule has 0 bridgehead atoms. The second-order valence-electron chi connectivity index (χ2n) is 4.40. The normalized spacial score (nSPS) is 11.4. The predicted octanol–water partition coefficient (Wildman–Crippen LogP) is 1.55. The molecule has 2 aromatic heterocycles. The summed E-state index contributed by atoms with van der Waals surface area (Å²) in [7, 11) is 0. The van der Waals surface area contributed by atoms with Gasteiger partial charge in [0, 0.05) is 11.8 Å². The van der Waals surface area contributed by atoms with Crippen molar-refractivity contribution in [2.45, 2.75) is 0 Å². The molecule has 0 aliphatic carbocycles. The van der Waals surface area contributed by atoms with Crippen molar-refractivity contribution in [1.82, 2.24) is 19.9 Å². The lowest BCUT2D eigenvalue weighted by molar-refractivity contribution is 1.04. The molecule has 0 saturated carbocycles. The number of nitrogens with two attached hydrogens (primary N) is 2. The van der Waals surface area contributed by atoms with Crippen molar-refractivity contribution < 1.29 is 0 Å². The fourth-order valence-corrected chi connectivity index (χ4v) is 1.82. The maximum atomic E-state index is 5.96. The first-order valence-corrected chi connectivity index (χ1v) is 6.55. The summed E-state index contributed by atoms with van der Waals surface area (Å²) in [4.78, 5) is 20.7. The van der Waals surface area contributed by atoms with E-state index in [-0.39, 0.29) is 11.9 Å². The van der Waals surface area contributed by atoms with Crippen molar-refractivity contribution >= 4 is 17.7 Å². The van der Waals surface area contributed by atoms with Crippen LogP contribution in [0.1, 0.15) is 5.56 Å². The molecule has 7 heteroatoms. The molecule has 0 aliphatic heterocycles. The summed E-state index contributed by atoms with van der Waals surface area (Å²) in [6, 6.07) is 14.8. The molecular weight excluding hydrogens is 278 g/mol. The lowest BCUT2D eigenvalue weighted by atomic mass is 10.2. The van der Waals surface area contributed by atoms with Crippen LogP contribution >= 0.6 is 0 Å². The van der Waals surface area contributed by atoms with E-state index >= 15 is 0 Å². The highest BCUT2D eigenvalue weighted by Gasteiger charge is 2.08. The van der Waals surface area contributed by atoms with Gasteiger partial charge in [0.2, 0.25) is 5.95 Å². The Morgan fingerprint density at radius 2 is 1.68 bits per heavy atom. The van der Waals surface area contributed by atoms with Gasteiger partial charge in [0.05, 0.1) is 0 Å². The molecule has 1 aromatic carbocycles. The van der Waals surface area contributed by atoms with E-state index in [1.165, 1.54) is 0 Å². The standard InChI is InChI=1S/C15H13N7/c16-12(10-6-2-1-3-7-10)19-15-21-13(20-14(17)22-15)11-8-4-5-9-18-11/h1-9H,(H4,16,17,19,20,21,22). The molecule has 108 valence electrons. The first-order valence-electron chi connectivity index (χ1n) is 6.55. The van der Waals surface area contributed by atoms with Crippen LogP contribution in [0.5, 0.6) is 0 Å². The molecule has 0 saturated heterocycles. The second-order valence-corrected chi connectivity index (χ2v) is 4.40. The van der Waals surface area contributed by atoms with Crippen molar-refractivity contribution in [3.63, 3.8) is 0 Å². The van der Waals surface area contributed by atoms with Gasteiger partial charge in [-0.1, -0.05) is 36.4 Å².